The predicted molar refractivity (Wildman–Crippen MR) is 160 cm³/mol. The second-order valence-electron chi connectivity index (χ2n) is 10.9. The number of piperazine rings is 1. The number of benzene rings is 2. The summed E-state index contributed by atoms with van der Waals surface area (Å²) < 4.78 is 16.9. The third kappa shape index (κ3) is 6.00. The van der Waals surface area contributed by atoms with Crippen molar-refractivity contribution < 1.29 is 4.39 Å². The molecule has 206 valence electrons. The van der Waals surface area contributed by atoms with Crippen molar-refractivity contribution in [3.8, 4) is 11.8 Å². The first kappa shape index (κ1) is 27.4. The van der Waals surface area contributed by atoms with Crippen LogP contribution in [0.3, 0.4) is 0 Å². The number of aryl methyl sites for hydroxylation is 1. The Bertz CT molecular complexity index is 1660. The number of hydrogen-bond donors (Lipinski definition) is 2. The van der Waals surface area contributed by atoms with Crippen molar-refractivity contribution in [1.82, 2.24) is 19.9 Å². The molecule has 0 unspecified atom stereocenters. The van der Waals surface area contributed by atoms with Gasteiger partial charge in [0.2, 0.25) is 5.95 Å². The Labute approximate surface area is 234 Å². The van der Waals surface area contributed by atoms with Crippen molar-refractivity contribution in [2.75, 3.05) is 23.3 Å². The fraction of sp³-hybridized carbons (Fsp3) is 0.344. The first-order valence-corrected chi connectivity index (χ1v) is 13.7. The number of pyridine rings is 1. The van der Waals surface area contributed by atoms with Crippen LogP contribution in [0, 0.1) is 30.5 Å². The molecule has 7 nitrogen and oxygen atoms in total. The van der Waals surface area contributed by atoms with Crippen molar-refractivity contribution in [2.24, 2.45) is 5.92 Å². The summed E-state index contributed by atoms with van der Waals surface area (Å²) in [5, 5.41) is 7.30. The molecule has 2 aromatic carbocycles. The molecule has 0 aliphatic carbocycles. The van der Waals surface area contributed by atoms with Gasteiger partial charge in [-0.3, -0.25) is 9.36 Å². The summed E-state index contributed by atoms with van der Waals surface area (Å²) in [5.74, 6) is 6.24. The van der Waals surface area contributed by atoms with E-state index in [-0.39, 0.29) is 35.3 Å². The highest BCUT2D eigenvalue weighted by Gasteiger charge is 2.23. The van der Waals surface area contributed by atoms with Gasteiger partial charge in [-0.25, -0.2) is 9.37 Å². The molecule has 0 spiro atoms. The van der Waals surface area contributed by atoms with E-state index in [4.69, 9.17) is 4.98 Å². The molecule has 1 aliphatic heterocycles. The molecule has 2 N–H and O–H groups in total. The van der Waals surface area contributed by atoms with Crippen LogP contribution in [0.15, 0.2) is 59.5 Å². The van der Waals surface area contributed by atoms with E-state index in [2.05, 4.69) is 46.2 Å². The van der Waals surface area contributed by atoms with Crippen molar-refractivity contribution in [3.63, 3.8) is 0 Å². The van der Waals surface area contributed by atoms with Gasteiger partial charge in [0, 0.05) is 48.4 Å². The molecule has 3 heterocycles. The number of anilines is 3. The fourth-order valence-electron chi connectivity index (χ4n) is 5.13. The maximum Gasteiger partial charge on any atom is 0.268 e. The van der Waals surface area contributed by atoms with Gasteiger partial charge >= 0.3 is 0 Å². The van der Waals surface area contributed by atoms with Gasteiger partial charge < -0.3 is 15.5 Å². The van der Waals surface area contributed by atoms with E-state index in [1.165, 1.54) is 6.07 Å². The monoisotopic (exact) mass is 538 g/mol. The van der Waals surface area contributed by atoms with Crippen molar-refractivity contribution >= 4 is 28.4 Å². The molecule has 0 saturated carbocycles. The minimum absolute atomic E-state index is 0.132. The van der Waals surface area contributed by atoms with E-state index >= 15 is 4.39 Å². The van der Waals surface area contributed by atoms with E-state index in [1.807, 2.05) is 51.1 Å². The molecule has 5 rings (SSSR count). The number of rotatable bonds is 5. The van der Waals surface area contributed by atoms with Gasteiger partial charge in [0.15, 0.2) is 0 Å². The molecule has 4 aromatic rings. The van der Waals surface area contributed by atoms with Gasteiger partial charge in [0.1, 0.15) is 11.5 Å². The van der Waals surface area contributed by atoms with Crippen LogP contribution in [-0.4, -0.2) is 39.7 Å². The molecule has 8 heteroatoms. The molecule has 0 radical (unpaired) electrons. The Hall–Kier alpha value is -4.22. The second kappa shape index (κ2) is 11.5. The lowest BCUT2D eigenvalue weighted by Gasteiger charge is -2.37. The average Bonchev–Trinajstić information content (AvgIpc) is 2.90. The van der Waals surface area contributed by atoms with Gasteiger partial charge in [-0.15, -0.1) is 0 Å². The van der Waals surface area contributed by atoms with Crippen molar-refractivity contribution in [1.29, 1.82) is 0 Å². The zero-order valence-electron chi connectivity index (χ0n) is 23.6. The predicted octanol–water partition coefficient (Wildman–Crippen LogP) is 5.23. The van der Waals surface area contributed by atoms with E-state index < -0.39 is 0 Å². The molecule has 1 aliphatic rings. The van der Waals surface area contributed by atoms with Gasteiger partial charge in [-0.05, 0) is 56.2 Å². The van der Waals surface area contributed by atoms with Crippen LogP contribution < -0.4 is 21.1 Å². The largest absolute Gasteiger partial charge is 0.366 e. The van der Waals surface area contributed by atoms with Gasteiger partial charge in [0.05, 0.1) is 17.8 Å². The molecule has 0 bridgehead atoms. The van der Waals surface area contributed by atoms with Crippen LogP contribution >= 0.6 is 0 Å². The van der Waals surface area contributed by atoms with Crippen LogP contribution in [-0.2, 0) is 6.54 Å². The van der Waals surface area contributed by atoms with Crippen LogP contribution in [0.25, 0.3) is 11.0 Å². The SMILES string of the molecule is Cc1ccccc1Cn1c(=O)c(C#CC(C)C)cc2cnc(Nc3ccc(N4C[C@@H](C)N[C@@H](C)C4)c(F)c3)nc21. The highest BCUT2D eigenvalue weighted by molar-refractivity contribution is 5.77. The van der Waals surface area contributed by atoms with Crippen LogP contribution in [0.4, 0.5) is 21.7 Å². The Morgan fingerprint density at radius 1 is 1.12 bits per heavy atom. The highest BCUT2D eigenvalue weighted by atomic mass is 19.1. The topological polar surface area (TPSA) is 75.1 Å². The molecular formula is C32H35FN6O. The lowest BCUT2D eigenvalue weighted by atomic mass is 10.1. The third-order valence-electron chi connectivity index (χ3n) is 7.01. The quantitative estimate of drug-likeness (QED) is 0.339. The molecule has 0 amide bonds. The maximum atomic E-state index is 15.2. The average molecular weight is 539 g/mol. The normalized spacial score (nSPS) is 17.1. The molecule has 40 heavy (non-hydrogen) atoms. The van der Waals surface area contributed by atoms with E-state index in [0.717, 1.165) is 24.2 Å². The Kier molecular flexibility index (Phi) is 7.85. The number of nitrogens with one attached hydrogen (secondary N) is 2. The standard InChI is InChI=1S/C32H35FN6O/c1-20(2)10-11-24-14-26-16-34-32(37-30(26)39(31(24)40)19-25-9-7-6-8-21(25)3)36-27-12-13-29(28(33)15-27)38-17-22(4)35-23(5)18-38/h6-9,12-16,20,22-23,35H,17-19H2,1-5H3,(H,34,36,37)/t22-,23+. The van der Waals surface area contributed by atoms with E-state index in [9.17, 15) is 4.79 Å². The number of fused-ring (bicyclic) bond motifs is 1. The van der Waals surface area contributed by atoms with Gasteiger partial charge in [-0.1, -0.05) is 50.0 Å². The minimum atomic E-state index is -0.308. The Morgan fingerprint density at radius 3 is 2.58 bits per heavy atom. The summed E-state index contributed by atoms with van der Waals surface area (Å²) in [6, 6.07) is 15.3. The summed E-state index contributed by atoms with van der Waals surface area (Å²) >= 11 is 0. The summed E-state index contributed by atoms with van der Waals surface area (Å²) in [6.45, 7) is 12.0. The second-order valence-corrected chi connectivity index (χ2v) is 10.9. The summed E-state index contributed by atoms with van der Waals surface area (Å²) in [5.41, 5.74) is 3.90. The number of nitrogens with zero attached hydrogens (tertiary/aromatic N) is 4. The smallest absolute Gasteiger partial charge is 0.268 e. The molecule has 2 aromatic heterocycles. The summed E-state index contributed by atoms with van der Waals surface area (Å²) in [7, 11) is 0. The first-order chi connectivity index (χ1) is 19.2. The lowest BCUT2D eigenvalue weighted by molar-refractivity contribution is 0.404. The summed E-state index contributed by atoms with van der Waals surface area (Å²) in [4.78, 5) is 24.8. The first-order valence-electron chi connectivity index (χ1n) is 13.7. The molecule has 1 saturated heterocycles. The minimum Gasteiger partial charge on any atom is -0.366 e. The van der Waals surface area contributed by atoms with Crippen LogP contribution in [0.2, 0.25) is 0 Å². The van der Waals surface area contributed by atoms with Gasteiger partial charge in [-0.2, -0.15) is 4.98 Å². The van der Waals surface area contributed by atoms with Crippen molar-refractivity contribution in [2.45, 2.75) is 53.2 Å². The maximum absolute atomic E-state index is 15.2. The van der Waals surface area contributed by atoms with E-state index in [1.54, 1.807) is 22.9 Å². The summed E-state index contributed by atoms with van der Waals surface area (Å²) in [6.07, 6.45) is 1.67. The molecule has 1 fully saturated rings. The number of aromatic nitrogens is 3. The lowest BCUT2D eigenvalue weighted by Crippen LogP contribution is -2.54. The van der Waals surface area contributed by atoms with E-state index in [0.29, 0.717) is 34.5 Å². The van der Waals surface area contributed by atoms with Crippen molar-refractivity contribution in [3.05, 3.63) is 87.6 Å². The van der Waals surface area contributed by atoms with Crippen LogP contribution in [0.5, 0.6) is 0 Å². The Balaban J connectivity index is 1.50. The van der Waals surface area contributed by atoms with Crippen LogP contribution in [0.1, 0.15) is 44.4 Å². The Morgan fingerprint density at radius 2 is 1.88 bits per heavy atom. The zero-order chi connectivity index (χ0) is 28.4. The van der Waals surface area contributed by atoms with Gasteiger partial charge in [0.25, 0.3) is 5.56 Å². The number of hydrogen-bond acceptors (Lipinski definition) is 6. The highest BCUT2D eigenvalue weighted by Crippen LogP contribution is 2.26. The zero-order valence-corrected chi connectivity index (χ0v) is 23.6. The molecule has 2 atom stereocenters. The fourth-order valence-corrected chi connectivity index (χ4v) is 5.13. The third-order valence-corrected chi connectivity index (χ3v) is 7.01. The molecular weight excluding hydrogens is 503 g/mol. The number of halogens is 1.